The summed E-state index contributed by atoms with van der Waals surface area (Å²) in [5.41, 5.74) is 3.77. The molecule has 4 amide bonds. The summed E-state index contributed by atoms with van der Waals surface area (Å²) in [6.07, 6.45) is 3.33. The fourth-order valence-corrected chi connectivity index (χ4v) is 6.98. The molecule has 0 bridgehead atoms. The van der Waals surface area contributed by atoms with E-state index in [1.807, 2.05) is 67.8 Å². The fourth-order valence-electron chi connectivity index (χ4n) is 6.33. The number of hydrogen-bond acceptors (Lipinski definition) is 7. The van der Waals surface area contributed by atoms with Crippen LogP contribution in [0, 0.1) is 19.8 Å². The van der Waals surface area contributed by atoms with Gasteiger partial charge in [0.25, 0.3) is 0 Å². The van der Waals surface area contributed by atoms with Crippen molar-refractivity contribution in [2.45, 2.75) is 64.5 Å². The smallest absolute Gasteiger partial charge is 0.245 e. The van der Waals surface area contributed by atoms with E-state index in [-0.39, 0.29) is 62.3 Å². The van der Waals surface area contributed by atoms with E-state index in [4.69, 9.17) is 4.74 Å². The maximum Gasteiger partial charge on any atom is 0.245 e. The molecule has 1 saturated carbocycles. The van der Waals surface area contributed by atoms with E-state index in [2.05, 4.69) is 15.6 Å². The van der Waals surface area contributed by atoms with E-state index in [1.54, 1.807) is 7.11 Å². The van der Waals surface area contributed by atoms with Gasteiger partial charge in [-0.3, -0.25) is 19.2 Å². The van der Waals surface area contributed by atoms with Gasteiger partial charge in [0.05, 0.1) is 36.8 Å². The van der Waals surface area contributed by atoms with Crippen LogP contribution in [0.5, 0.6) is 5.75 Å². The van der Waals surface area contributed by atoms with Gasteiger partial charge in [0, 0.05) is 37.4 Å². The second kappa shape index (κ2) is 15.4. The van der Waals surface area contributed by atoms with Crippen molar-refractivity contribution in [1.82, 2.24) is 25.4 Å². The number of benzene rings is 2. The minimum absolute atomic E-state index is 0.159. The Labute approximate surface area is 274 Å². The van der Waals surface area contributed by atoms with Gasteiger partial charge in [-0.25, -0.2) is 4.98 Å². The molecule has 1 saturated heterocycles. The van der Waals surface area contributed by atoms with Crippen LogP contribution in [0.4, 0.5) is 0 Å². The van der Waals surface area contributed by atoms with E-state index < -0.39 is 12.0 Å². The molecule has 244 valence electrons. The first kappa shape index (κ1) is 33.1. The van der Waals surface area contributed by atoms with E-state index in [9.17, 15) is 19.2 Å². The zero-order chi connectivity index (χ0) is 32.6. The number of amides is 4. The third kappa shape index (κ3) is 8.72. The molecule has 1 aromatic heterocycles. The molecule has 0 radical (unpaired) electrons. The first-order valence-corrected chi connectivity index (χ1v) is 16.8. The Hall–Kier alpha value is -4.25. The molecule has 3 atom stereocenters. The maximum atomic E-state index is 14.4. The number of hydrogen-bond donors (Lipinski definition) is 2. The molecule has 11 heteroatoms. The predicted molar refractivity (Wildman–Crippen MR) is 176 cm³/mol. The average molecular weight is 646 g/mol. The van der Waals surface area contributed by atoms with Crippen molar-refractivity contribution in [3.63, 3.8) is 0 Å². The first-order chi connectivity index (χ1) is 22.2. The lowest BCUT2D eigenvalue weighted by atomic mass is 9.99. The normalized spacial score (nSPS) is 21.2. The number of rotatable bonds is 9. The van der Waals surface area contributed by atoms with Crippen molar-refractivity contribution >= 4 is 35.0 Å². The zero-order valence-corrected chi connectivity index (χ0v) is 27.6. The molecule has 46 heavy (non-hydrogen) atoms. The molecule has 0 spiro atoms. The molecule has 3 aromatic rings. The molecule has 2 fully saturated rings. The van der Waals surface area contributed by atoms with Gasteiger partial charge in [-0.15, -0.1) is 11.3 Å². The minimum atomic E-state index is -0.873. The molecular formula is C35H43N5O5S. The summed E-state index contributed by atoms with van der Waals surface area (Å²) in [5, 5.41) is 8.96. The van der Waals surface area contributed by atoms with Crippen molar-refractivity contribution in [2.24, 2.45) is 5.92 Å². The monoisotopic (exact) mass is 645 g/mol. The van der Waals surface area contributed by atoms with Gasteiger partial charge in [-0.2, -0.15) is 0 Å². The van der Waals surface area contributed by atoms with Crippen LogP contribution in [0.3, 0.4) is 0 Å². The van der Waals surface area contributed by atoms with Gasteiger partial charge >= 0.3 is 0 Å². The van der Waals surface area contributed by atoms with Gasteiger partial charge in [-0.05, 0) is 56.4 Å². The lowest BCUT2D eigenvalue weighted by molar-refractivity contribution is -0.143. The van der Waals surface area contributed by atoms with E-state index in [0.29, 0.717) is 31.4 Å². The lowest BCUT2D eigenvalue weighted by Gasteiger charge is -2.30. The second-order valence-electron chi connectivity index (χ2n) is 12.3. The quantitative estimate of drug-likeness (QED) is 0.369. The molecule has 2 heterocycles. The predicted octanol–water partition coefficient (Wildman–Crippen LogP) is 3.24. The maximum absolute atomic E-state index is 14.4. The number of nitrogens with zero attached hydrogens (tertiary/aromatic N) is 3. The Bertz CT molecular complexity index is 1560. The minimum Gasteiger partial charge on any atom is -0.497 e. The highest BCUT2D eigenvalue weighted by atomic mass is 32.1. The first-order valence-electron chi connectivity index (χ1n) is 15.9. The fraction of sp³-hybridized carbons (Fsp3) is 0.457. The van der Waals surface area contributed by atoms with Crippen LogP contribution in [-0.2, 0) is 38.4 Å². The zero-order valence-electron chi connectivity index (χ0n) is 26.8. The summed E-state index contributed by atoms with van der Waals surface area (Å²) in [6, 6.07) is 14.3. The van der Waals surface area contributed by atoms with E-state index in [1.165, 1.54) is 21.1 Å². The number of carbonyl (C=O) groups is 4. The van der Waals surface area contributed by atoms with Crippen LogP contribution in [-0.4, -0.2) is 83.8 Å². The SMILES string of the molecule is COc1cccc(CCN2CC(=O)N[C@H]3CCC[C@H]3C(=O)N[C@@H](Cc3cccc(C)c3)C(=O)N(CCc3csc(C)n3)CC2=O)c1. The van der Waals surface area contributed by atoms with Crippen LogP contribution >= 0.6 is 11.3 Å². The van der Waals surface area contributed by atoms with E-state index >= 15 is 0 Å². The Balaban J connectivity index is 1.46. The average Bonchev–Trinajstić information content (AvgIpc) is 3.68. The third-order valence-electron chi connectivity index (χ3n) is 8.77. The summed E-state index contributed by atoms with van der Waals surface area (Å²) in [4.78, 5) is 63.1. The van der Waals surface area contributed by atoms with Crippen LogP contribution in [0.2, 0.25) is 0 Å². The summed E-state index contributed by atoms with van der Waals surface area (Å²) < 4.78 is 5.36. The Morgan fingerprint density at radius 1 is 0.913 bits per heavy atom. The largest absolute Gasteiger partial charge is 0.497 e. The molecule has 10 nitrogen and oxygen atoms in total. The molecule has 2 aliphatic rings. The highest BCUT2D eigenvalue weighted by molar-refractivity contribution is 7.09. The number of aromatic nitrogens is 1. The summed E-state index contributed by atoms with van der Waals surface area (Å²) in [6.45, 7) is 4.06. The Morgan fingerprint density at radius 2 is 1.70 bits per heavy atom. The van der Waals surface area contributed by atoms with Gasteiger partial charge in [0.15, 0.2) is 0 Å². The number of thiazole rings is 1. The van der Waals surface area contributed by atoms with Crippen LogP contribution in [0.1, 0.15) is 46.7 Å². The van der Waals surface area contributed by atoms with Crippen molar-refractivity contribution in [3.05, 3.63) is 81.3 Å². The molecule has 2 aromatic carbocycles. The van der Waals surface area contributed by atoms with Gasteiger partial charge in [-0.1, -0.05) is 48.4 Å². The second-order valence-corrected chi connectivity index (χ2v) is 13.3. The molecule has 2 N–H and O–H groups in total. The van der Waals surface area contributed by atoms with Crippen LogP contribution in [0.25, 0.3) is 0 Å². The van der Waals surface area contributed by atoms with Gasteiger partial charge < -0.3 is 25.2 Å². The summed E-state index contributed by atoms with van der Waals surface area (Å²) in [7, 11) is 1.60. The lowest BCUT2D eigenvalue weighted by Crippen LogP contribution is -2.54. The summed E-state index contributed by atoms with van der Waals surface area (Å²) >= 11 is 1.53. The van der Waals surface area contributed by atoms with Crippen molar-refractivity contribution < 1.29 is 23.9 Å². The molecular weight excluding hydrogens is 602 g/mol. The molecule has 1 aliphatic heterocycles. The van der Waals surface area contributed by atoms with Crippen molar-refractivity contribution in [3.8, 4) is 5.75 Å². The van der Waals surface area contributed by atoms with Crippen LogP contribution in [0.15, 0.2) is 53.9 Å². The Morgan fingerprint density at radius 3 is 2.46 bits per heavy atom. The highest BCUT2D eigenvalue weighted by Gasteiger charge is 2.38. The molecule has 5 rings (SSSR count). The number of methoxy groups -OCH3 is 1. The number of carbonyl (C=O) groups excluding carboxylic acids is 4. The number of fused-ring (bicyclic) bond motifs is 1. The standard InChI is InChI=1S/C35H43N5O5S/c1-23-7-4-9-26(17-23)19-31-35(44)40(16-14-27-22-46-24(2)36-27)21-33(42)39(15-13-25-8-5-10-28(18-25)45-3)20-32(41)37-30-12-6-11-29(30)34(43)38-31/h4-5,7-10,17-18,22,29-31H,6,11-16,19-21H2,1-3H3,(H,37,41)(H,38,43)/t29-,30+,31+/m1/s1. The number of nitrogens with one attached hydrogen (secondary N) is 2. The topological polar surface area (TPSA) is 121 Å². The highest BCUT2D eigenvalue weighted by Crippen LogP contribution is 2.27. The molecule has 1 aliphatic carbocycles. The van der Waals surface area contributed by atoms with Gasteiger partial charge in [0.1, 0.15) is 11.8 Å². The van der Waals surface area contributed by atoms with Crippen LogP contribution < -0.4 is 15.4 Å². The number of ether oxygens (including phenoxy) is 1. The molecule has 0 unspecified atom stereocenters. The van der Waals surface area contributed by atoms with Crippen molar-refractivity contribution in [2.75, 3.05) is 33.3 Å². The van der Waals surface area contributed by atoms with Gasteiger partial charge in [0.2, 0.25) is 23.6 Å². The van der Waals surface area contributed by atoms with E-state index in [0.717, 1.165) is 33.8 Å². The van der Waals surface area contributed by atoms with Crippen molar-refractivity contribution in [1.29, 1.82) is 0 Å². The Kier molecular flexibility index (Phi) is 11.1. The third-order valence-corrected chi connectivity index (χ3v) is 9.59. The summed E-state index contributed by atoms with van der Waals surface area (Å²) in [5.74, 6) is -0.950. The number of aryl methyl sites for hydroxylation is 2.